The standard InChI is InChI=1S/C18H23As/c1-4-5-14-19(17-12-8-6-10-15(17)2)18-13-9-7-11-16(18)3/h6-13H,4-5,14H2,1-3H3. The number of benzene rings is 2. The molecule has 0 saturated heterocycles. The topological polar surface area (TPSA) is 0 Å². The van der Waals surface area contributed by atoms with Crippen LogP contribution in [-0.2, 0) is 0 Å². The summed E-state index contributed by atoms with van der Waals surface area (Å²) in [5, 5.41) is 1.39. The molecule has 0 amide bonds. The number of aryl methyl sites for hydroxylation is 2. The van der Waals surface area contributed by atoms with Crippen LogP contribution in [0.1, 0.15) is 30.9 Å². The van der Waals surface area contributed by atoms with Crippen LogP contribution in [0.5, 0.6) is 0 Å². The first kappa shape index (κ1) is 14.4. The van der Waals surface area contributed by atoms with Crippen molar-refractivity contribution in [2.24, 2.45) is 0 Å². The molecule has 1 heteroatoms. The zero-order valence-electron chi connectivity index (χ0n) is 12.2. The molecule has 0 nitrogen and oxygen atoms in total. The van der Waals surface area contributed by atoms with E-state index in [1.807, 2.05) is 0 Å². The minimum absolute atomic E-state index is 1.13. The third kappa shape index (κ3) is 3.51. The molecular formula is C18H23As. The van der Waals surface area contributed by atoms with Crippen LogP contribution in [0, 0.1) is 13.8 Å². The van der Waals surface area contributed by atoms with Gasteiger partial charge in [0.15, 0.2) is 0 Å². The molecule has 100 valence electrons. The molecule has 0 aliphatic heterocycles. The molecule has 0 aromatic heterocycles. The summed E-state index contributed by atoms with van der Waals surface area (Å²) in [4.78, 5) is 0. The van der Waals surface area contributed by atoms with Gasteiger partial charge in [-0.1, -0.05) is 0 Å². The van der Waals surface area contributed by atoms with E-state index < -0.39 is 14.7 Å². The van der Waals surface area contributed by atoms with Crippen molar-refractivity contribution in [1.29, 1.82) is 0 Å². The second-order valence-corrected chi connectivity index (χ2v) is 9.83. The zero-order valence-corrected chi connectivity index (χ0v) is 14.1. The van der Waals surface area contributed by atoms with Gasteiger partial charge in [0.2, 0.25) is 0 Å². The average molecular weight is 314 g/mol. The fourth-order valence-corrected chi connectivity index (χ4v) is 8.52. The van der Waals surface area contributed by atoms with Gasteiger partial charge in [-0.15, -0.1) is 0 Å². The predicted molar refractivity (Wildman–Crippen MR) is 87.1 cm³/mol. The second kappa shape index (κ2) is 6.96. The molecule has 0 fully saturated rings. The number of unbranched alkanes of at least 4 members (excludes halogenated alkanes) is 1. The SMILES string of the molecule is CCCC[As](c1ccccc1C)c1ccccc1C. The Morgan fingerprint density at radius 1 is 0.789 bits per heavy atom. The Kier molecular flexibility index (Phi) is 5.28. The van der Waals surface area contributed by atoms with Crippen LogP contribution in [0.4, 0.5) is 0 Å². The summed E-state index contributed by atoms with van der Waals surface area (Å²) < 4.78 is 3.27. The Hall–Kier alpha value is -1.00. The molecule has 0 radical (unpaired) electrons. The second-order valence-electron chi connectivity index (χ2n) is 5.08. The molecule has 19 heavy (non-hydrogen) atoms. The van der Waals surface area contributed by atoms with Crippen molar-refractivity contribution in [1.82, 2.24) is 0 Å². The predicted octanol–water partition coefficient (Wildman–Crippen LogP) is 3.71. The molecule has 0 spiro atoms. The van der Waals surface area contributed by atoms with Crippen LogP contribution in [0.15, 0.2) is 48.5 Å². The van der Waals surface area contributed by atoms with Gasteiger partial charge in [0, 0.05) is 0 Å². The summed E-state index contributed by atoms with van der Waals surface area (Å²) in [6, 6.07) is 18.0. The molecule has 2 rings (SSSR count). The van der Waals surface area contributed by atoms with Gasteiger partial charge in [0.25, 0.3) is 0 Å². The number of hydrogen-bond donors (Lipinski definition) is 0. The van der Waals surface area contributed by atoms with Crippen LogP contribution in [-0.4, -0.2) is 14.7 Å². The van der Waals surface area contributed by atoms with Crippen LogP contribution >= 0.6 is 0 Å². The summed E-state index contributed by atoms with van der Waals surface area (Å²) in [6.45, 7) is 6.82. The summed E-state index contributed by atoms with van der Waals surface area (Å²) in [7, 11) is 0. The van der Waals surface area contributed by atoms with Gasteiger partial charge >= 0.3 is 122 Å². The maximum absolute atomic E-state index is 2.36. The summed E-state index contributed by atoms with van der Waals surface area (Å²) >= 11 is -1.13. The molecule has 0 aliphatic rings. The quantitative estimate of drug-likeness (QED) is 0.738. The van der Waals surface area contributed by atoms with Crippen LogP contribution in [0.25, 0.3) is 0 Å². The summed E-state index contributed by atoms with van der Waals surface area (Å²) in [6.07, 6.45) is 2.64. The molecule has 0 heterocycles. The van der Waals surface area contributed by atoms with E-state index in [2.05, 4.69) is 69.3 Å². The van der Waals surface area contributed by atoms with Crippen molar-refractivity contribution < 1.29 is 0 Å². The van der Waals surface area contributed by atoms with E-state index >= 15 is 0 Å². The van der Waals surface area contributed by atoms with Crippen LogP contribution in [0.3, 0.4) is 0 Å². The van der Waals surface area contributed by atoms with E-state index in [4.69, 9.17) is 0 Å². The van der Waals surface area contributed by atoms with Gasteiger partial charge in [-0.2, -0.15) is 0 Å². The van der Waals surface area contributed by atoms with Crippen molar-refractivity contribution in [2.45, 2.75) is 38.8 Å². The fourth-order valence-electron chi connectivity index (χ4n) is 2.42. The summed E-state index contributed by atoms with van der Waals surface area (Å²) in [5.41, 5.74) is 2.95. The average Bonchev–Trinajstić information content (AvgIpc) is 2.42. The van der Waals surface area contributed by atoms with E-state index in [0.717, 1.165) is 0 Å². The monoisotopic (exact) mass is 314 g/mol. The Labute approximate surface area is 122 Å². The van der Waals surface area contributed by atoms with Gasteiger partial charge < -0.3 is 0 Å². The molecule has 0 bridgehead atoms. The van der Waals surface area contributed by atoms with E-state index in [0.29, 0.717) is 0 Å². The minimum atomic E-state index is -1.13. The van der Waals surface area contributed by atoms with Crippen molar-refractivity contribution in [2.75, 3.05) is 0 Å². The molecule has 0 unspecified atom stereocenters. The molecule has 0 atom stereocenters. The van der Waals surface area contributed by atoms with Crippen LogP contribution < -0.4 is 8.70 Å². The van der Waals surface area contributed by atoms with E-state index in [9.17, 15) is 0 Å². The Morgan fingerprint density at radius 3 is 1.68 bits per heavy atom. The van der Waals surface area contributed by atoms with E-state index in [-0.39, 0.29) is 0 Å². The van der Waals surface area contributed by atoms with Crippen molar-refractivity contribution in [3.8, 4) is 0 Å². The van der Waals surface area contributed by atoms with Gasteiger partial charge in [0.1, 0.15) is 0 Å². The van der Waals surface area contributed by atoms with Crippen molar-refractivity contribution >= 4 is 23.4 Å². The number of hydrogen-bond acceptors (Lipinski definition) is 0. The normalized spacial score (nSPS) is 10.9. The van der Waals surface area contributed by atoms with E-state index in [1.165, 1.54) is 29.2 Å². The van der Waals surface area contributed by atoms with Gasteiger partial charge in [-0.25, -0.2) is 0 Å². The molecular weight excluding hydrogens is 291 g/mol. The Bertz CT molecular complexity index is 485. The van der Waals surface area contributed by atoms with Crippen molar-refractivity contribution in [3.05, 3.63) is 59.7 Å². The first-order valence-corrected chi connectivity index (χ1v) is 10.3. The zero-order chi connectivity index (χ0) is 13.7. The van der Waals surface area contributed by atoms with Gasteiger partial charge in [-0.05, 0) is 0 Å². The molecule has 2 aromatic carbocycles. The number of rotatable bonds is 5. The third-order valence-corrected chi connectivity index (χ3v) is 9.70. The molecule has 0 saturated carbocycles. The van der Waals surface area contributed by atoms with Gasteiger partial charge in [-0.3, -0.25) is 0 Å². The van der Waals surface area contributed by atoms with Gasteiger partial charge in [0.05, 0.1) is 0 Å². The Balaban J connectivity index is 2.42. The molecule has 0 N–H and O–H groups in total. The van der Waals surface area contributed by atoms with Crippen LogP contribution in [0.2, 0.25) is 5.21 Å². The Morgan fingerprint density at radius 2 is 1.26 bits per heavy atom. The summed E-state index contributed by atoms with van der Waals surface area (Å²) in [5.74, 6) is 0. The molecule has 0 aliphatic carbocycles. The first-order valence-electron chi connectivity index (χ1n) is 7.13. The first-order chi connectivity index (χ1) is 9.24. The van der Waals surface area contributed by atoms with E-state index in [1.54, 1.807) is 8.70 Å². The third-order valence-electron chi connectivity index (χ3n) is 3.55. The van der Waals surface area contributed by atoms with Crippen molar-refractivity contribution in [3.63, 3.8) is 0 Å². The maximum atomic E-state index is 2.36. The fraction of sp³-hybridized carbons (Fsp3) is 0.333. The molecule has 2 aromatic rings.